The number of carbonyl (C=O) groups is 1. The molecule has 0 saturated carbocycles. The first-order chi connectivity index (χ1) is 10.3. The summed E-state index contributed by atoms with van der Waals surface area (Å²) in [5.41, 5.74) is 0.169. The topological polar surface area (TPSA) is 81.7 Å². The minimum Gasteiger partial charge on any atom is -0.493 e. The molecule has 122 valence electrons. The first-order valence-electron chi connectivity index (χ1n) is 6.45. The van der Waals surface area contributed by atoms with Crippen molar-refractivity contribution in [3.63, 3.8) is 0 Å². The van der Waals surface area contributed by atoms with E-state index in [0.29, 0.717) is 6.42 Å². The van der Waals surface area contributed by atoms with Crippen LogP contribution in [0.1, 0.15) is 16.8 Å². The fourth-order valence-corrected chi connectivity index (χ4v) is 3.85. The van der Waals surface area contributed by atoms with Crippen molar-refractivity contribution in [1.82, 2.24) is 5.32 Å². The van der Waals surface area contributed by atoms with Gasteiger partial charge in [-0.3, -0.25) is 4.79 Å². The Hall–Kier alpha value is -1.90. The van der Waals surface area contributed by atoms with Crippen LogP contribution in [0.3, 0.4) is 0 Å². The van der Waals surface area contributed by atoms with Crippen LogP contribution >= 0.6 is 0 Å². The molecule has 1 heterocycles. The van der Waals surface area contributed by atoms with Gasteiger partial charge in [0, 0.05) is 11.6 Å². The lowest BCUT2D eigenvalue weighted by Gasteiger charge is -2.13. The van der Waals surface area contributed by atoms with Crippen molar-refractivity contribution in [3.05, 3.63) is 23.8 Å². The third-order valence-corrected chi connectivity index (χ3v) is 4.98. The van der Waals surface area contributed by atoms with Gasteiger partial charge in [0.1, 0.15) is 0 Å². The van der Waals surface area contributed by atoms with E-state index in [2.05, 4.69) is 10.1 Å². The van der Waals surface area contributed by atoms with E-state index in [1.54, 1.807) is 0 Å². The quantitative estimate of drug-likeness (QED) is 0.875. The Balaban J connectivity index is 2.10. The molecule has 0 radical (unpaired) electrons. The SMILES string of the molecule is COc1cc(C(=O)NC2CCS(=O)(=O)C2)ccc1OC(F)F. The number of sulfone groups is 1. The van der Waals surface area contributed by atoms with Gasteiger partial charge in [-0.2, -0.15) is 8.78 Å². The fraction of sp³-hybridized carbons (Fsp3) is 0.462. The number of hydrogen-bond donors (Lipinski definition) is 1. The molecule has 0 aromatic heterocycles. The van der Waals surface area contributed by atoms with Crippen molar-refractivity contribution in [2.75, 3.05) is 18.6 Å². The van der Waals surface area contributed by atoms with Gasteiger partial charge in [-0.05, 0) is 24.6 Å². The largest absolute Gasteiger partial charge is 0.493 e. The third kappa shape index (κ3) is 4.06. The van der Waals surface area contributed by atoms with Gasteiger partial charge in [0.15, 0.2) is 21.3 Å². The van der Waals surface area contributed by atoms with Gasteiger partial charge >= 0.3 is 6.61 Å². The van der Waals surface area contributed by atoms with Crippen molar-refractivity contribution in [2.24, 2.45) is 0 Å². The molecule has 6 nitrogen and oxygen atoms in total. The number of methoxy groups -OCH3 is 1. The Kier molecular flexibility index (Phi) is 4.84. The molecule has 1 amide bonds. The lowest BCUT2D eigenvalue weighted by atomic mass is 10.1. The zero-order valence-corrected chi connectivity index (χ0v) is 12.5. The molecular weight excluding hydrogens is 320 g/mol. The van der Waals surface area contributed by atoms with Gasteiger partial charge in [0.25, 0.3) is 5.91 Å². The number of amides is 1. The molecule has 0 aliphatic carbocycles. The van der Waals surface area contributed by atoms with E-state index in [0.717, 1.165) is 0 Å². The van der Waals surface area contributed by atoms with Gasteiger partial charge in [0.05, 0.1) is 18.6 Å². The van der Waals surface area contributed by atoms with E-state index in [1.165, 1.54) is 25.3 Å². The minimum absolute atomic E-state index is 0.00741. The van der Waals surface area contributed by atoms with Crippen LogP contribution in [0.25, 0.3) is 0 Å². The van der Waals surface area contributed by atoms with Crippen molar-refractivity contribution in [2.45, 2.75) is 19.1 Å². The third-order valence-electron chi connectivity index (χ3n) is 3.21. The predicted octanol–water partition coefficient (Wildman–Crippen LogP) is 1.21. The molecule has 0 bridgehead atoms. The molecule has 1 aliphatic heterocycles. The van der Waals surface area contributed by atoms with E-state index in [1.807, 2.05) is 0 Å². The summed E-state index contributed by atoms with van der Waals surface area (Å²) in [4.78, 5) is 12.1. The van der Waals surface area contributed by atoms with E-state index in [9.17, 15) is 22.0 Å². The van der Waals surface area contributed by atoms with Crippen LogP contribution in [0.5, 0.6) is 11.5 Å². The minimum atomic E-state index is -3.10. The van der Waals surface area contributed by atoms with Crippen LogP contribution in [-0.2, 0) is 9.84 Å². The van der Waals surface area contributed by atoms with Crippen molar-refractivity contribution in [3.8, 4) is 11.5 Å². The van der Waals surface area contributed by atoms with Gasteiger partial charge in [-0.15, -0.1) is 0 Å². The summed E-state index contributed by atoms with van der Waals surface area (Å²) >= 11 is 0. The number of carbonyl (C=O) groups excluding carboxylic acids is 1. The van der Waals surface area contributed by atoms with Crippen molar-refractivity contribution in [1.29, 1.82) is 0 Å². The first-order valence-corrected chi connectivity index (χ1v) is 8.27. The molecule has 1 saturated heterocycles. The Morgan fingerprint density at radius 3 is 2.64 bits per heavy atom. The summed E-state index contributed by atoms with van der Waals surface area (Å²) in [6, 6.07) is 3.32. The second-order valence-electron chi connectivity index (χ2n) is 4.82. The molecule has 1 aromatic carbocycles. The Morgan fingerprint density at radius 1 is 1.36 bits per heavy atom. The summed E-state index contributed by atoms with van der Waals surface area (Å²) < 4.78 is 56.3. The van der Waals surface area contributed by atoms with E-state index >= 15 is 0 Å². The monoisotopic (exact) mass is 335 g/mol. The molecule has 1 fully saturated rings. The standard InChI is InChI=1S/C13H15F2NO5S/c1-20-11-6-8(2-3-10(11)21-13(14)15)12(17)16-9-4-5-22(18,19)7-9/h2-3,6,9,13H,4-5,7H2,1H3,(H,16,17). The van der Waals surface area contributed by atoms with Crippen LogP contribution in [0.2, 0.25) is 0 Å². The van der Waals surface area contributed by atoms with E-state index in [4.69, 9.17) is 4.74 Å². The maximum atomic E-state index is 12.2. The van der Waals surface area contributed by atoms with Crippen LogP contribution in [-0.4, -0.2) is 45.6 Å². The number of alkyl halides is 2. The highest BCUT2D eigenvalue weighted by Gasteiger charge is 2.29. The summed E-state index contributed by atoms with van der Waals surface area (Å²) in [6.07, 6.45) is 0.359. The lowest BCUT2D eigenvalue weighted by molar-refractivity contribution is -0.0512. The zero-order chi connectivity index (χ0) is 16.3. The smallest absolute Gasteiger partial charge is 0.387 e. The number of hydrogen-bond acceptors (Lipinski definition) is 5. The number of rotatable bonds is 5. The fourth-order valence-electron chi connectivity index (χ4n) is 2.18. The summed E-state index contributed by atoms with van der Waals surface area (Å²) in [6.45, 7) is -3.00. The molecule has 9 heteroatoms. The van der Waals surface area contributed by atoms with Crippen LogP contribution in [0, 0.1) is 0 Å². The van der Waals surface area contributed by atoms with Gasteiger partial charge in [-0.1, -0.05) is 0 Å². The molecular formula is C13H15F2NO5S. The Morgan fingerprint density at radius 2 is 2.09 bits per heavy atom. The second-order valence-corrected chi connectivity index (χ2v) is 7.05. The molecule has 1 aromatic rings. The van der Waals surface area contributed by atoms with E-state index in [-0.39, 0.29) is 28.6 Å². The molecule has 1 unspecified atom stereocenters. The number of benzene rings is 1. The van der Waals surface area contributed by atoms with Crippen LogP contribution in [0.15, 0.2) is 18.2 Å². The normalized spacial score (nSPS) is 19.9. The number of ether oxygens (including phenoxy) is 2. The van der Waals surface area contributed by atoms with Gasteiger partial charge < -0.3 is 14.8 Å². The number of halogens is 2. The highest BCUT2D eigenvalue weighted by Crippen LogP contribution is 2.29. The zero-order valence-electron chi connectivity index (χ0n) is 11.7. The molecule has 2 rings (SSSR count). The lowest BCUT2D eigenvalue weighted by Crippen LogP contribution is -2.35. The first kappa shape index (κ1) is 16.5. The van der Waals surface area contributed by atoms with Crippen LogP contribution in [0.4, 0.5) is 8.78 Å². The average molecular weight is 335 g/mol. The maximum absolute atomic E-state index is 12.2. The second kappa shape index (κ2) is 6.47. The Bertz CT molecular complexity index is 662. The highest BCUT2D eigenvalue weighted by molar-refractivity contribution is 7.91. The summed E-state index contributed by atoms with van der Waals surface area (Å²) in [7, 11) is -1.84. The molecule has 1 N–H and O–H groups in total. The van der Waals surface area contributed by atoms with E-state index < -0.39 is 28.4 Å². The number of nitrogens with one attached hydrogen (secondary N) is 1. The predicted molar refractivity (Wildman–Crippen MR) is 74.2 cm³/mol. The average Bonchev–Trinajstić information content (AvgIpc) is 2.77. The maximum Gasteiger partial charge on any atom is 0.387 e. The molecule has 0 spiro atoms. The molecule has 1 aliphatic rings. The Labute approximate surface area is 126 Å². The van der Waals surface area contributed by atoms with Crippen LogP contribution < -0.4 is 14.8 Å². The van der Waals surface area contributed by atoms with Gasteiger partial charge in [-0.25, -0.2) is 8.42 Å². The summed E-state index contributed by atoms with van der Waals surface area (Å²) in [5.74, 6) is -0.737. The summed E-state index contributed by atoms with van der Waals surface area (Å²) in [5, 5.41) is 2.60. The van der Waals surface area contributed by atoms with Crippen molar-refractivity contribution >= 4 is 15.7 Å². The molecule has 1 atom stereocenters. The van der Waals surface area contributed by atoms with Gasteiger partial charge in [0.2, 0.25) is 0 Å². The van der Waals surface area contributed by atoms with Crippen molar-refractivity contribution < 1.29 is 31.5 Å². The molecule has 22 heavy (non-hydrogen) atoms. The highest BCUT2D eigenvalue weighted by atomic mass is 32.2.